The maximum Gasteiger partial charge on any atom is 0.273 e. The van der Waals surface area contributed by atoms with E-state index in [1.807, 2.05) is 0 Å². The molecule has 23 heavy (non-hydrogen) atoms. The largest absolute Gasteiger partial charge is 0.484 e. The van der Waals surface area contributed by atoms with Crippen LogP contribution in [-0.4, -0.2) is 59.0 Å². The van der Waals surface area contributed by atoms with Crippen LogP contribution in [0.4, 0.5) is 5.69 Å². The van der Waals surface area contributed by atoms with Crippen LogP contribution in [0.3, 0.4) is 0 Å². The first kappa shape index (κ1) is 17.2. The number of hydrogen-bond donors (Lipinski definition) is 0. The molecule has 1 heterocycles. The summed E-state index contributed by atoms with van der Waals surface area (Å²) in [4.78, 5) is 26.6. The summed E-state index contributed by atoms with van der Waals surface area (Å²) in [6, 6.07) is 5.86. The molecule has 1 aliphatic rings. The minimum absolute atomic E-state index is 0.0475. The molecule has 126 valence electrons. The van der Waals surface area contributed by atoms with Crippen molar-refractivity contribution >= 4 is 11.6 Å². The second-order valence-electron chi connectivity index (χ2n) is 6.58. The van der Waals surface area contributed by atoms with Crippen molar-refractivity contribution in [2.75, 3.05) is 32.8 Å². The van der Waals surface area contributed by atoms with E-state index < -0.39 is 4.92 Å². The van der Waals surface area contributed by atoms with Gasteiger partial charge in [0.25, 0.3) is 11.6 Å². The average Bonchev–Trinajstić information content (AvgIpc) is 2.52. The normalized spacial score (nSPS) is 16.2. The Hall–Kier alpha value is -2.15. The van der Waals surface area contributed by atoms with Gasteiger partial charge >= 0.3 is 0 Å². The standard InChI is InChI=1S/C16H23N3O4/c1-16(2,3)18-9-7-17(8-10-18)15(20)12-23-14-6-4-5-13(11-14)19(21)22/h4-6,11H,7-10,12H2,1-3H3. The molecule has 1 aromatic rings. The Bertz CT molecular complexity index is 575. The minimum atomic E-state index is -0.486. The van der Waals surface area contributed by atoms with Crippen molar-refractivity contribution in [3.05, 3.63) is 34.4 Å². The van der Waals surface area contributed by atoms with Gasteiger partial charge in [0.1, 0.15) is 5.75 Å². The Balaban J connectivity index is 1.84. The van der Waals surface area contributed by atoms with E-state index in [1.165, 1.54) is 12.1 Å². The van der Waals surface area contributed by atoms with E-state index in [0.29, 0.717) is 18.8 Å². The van der Waals surface area contributed by atoms with Gasteiger partial charge in [0, 0.05) is 37.8 Å². The fraction of sp³-hybridized carbons (Fsp3) is 0.562. The predicted octanol–water partition coefficient (Wildman–Crippen LogP) is 1.92. The van der Waals surface area contributed by atoms with Crippen LogP contribution in [0.2, 0.25) is 0 Å². The van der Waals surface area contributed by atoms with Crippen LogP contribution in [0.15, 0.2) is 24.3 Å². The van der Waals surface area contributed by atoms with Gasteiger partial charge < -0.3 is 9.64 Å². The number of non-ortho nitro benzene ring substituents is 1. The highest BCUT2D eigenvalue weighted by molar-refractivity contribution is 5.77. The number of hydrogen-bond acceptors (Lipinski definition) is 5. The van der Waals surface area contributed by atoms with Crippen molar-refractivity contribution in [2.24, 2.45) is 0 Å². The molecule has 7 heteroatoms. The number of amides is 1. The maximum absolute atomic E-state index is 12.2. The average molecular weight is 321 g/mol. The molecule has 0 saturated carbocycles. The zero-order valence-corrected chi connectivity index (χ0v) is 13.8. The molecule has 0 radical (unpaired) electrons. The molecule has 1 saturated heterocycles. The van der Waals surface area contributed by atoms with Crippen LogP contribution in [-0.2, 0) is 4.79 Å². The van der Waals surface area contributed by atoms with Gasteiger partial charge in [-0.1, -0.05) is 6.07 Å². The topological polar surface area (TPSA) is 75.9 Å². The fourth-order valence-corrected chi connectivity index (χ4v) is 2.55. The van der Waals surface area contributed by atoms with Crippen molar-refractivity contribution in [3.63, 3.8) is 0 Å². The van der Waals surface area contributed by atoms with Gasteiger partial charge in [-0.15, -0.1) is 0 Å². The zero-order valence-electron chi connectivity index (χ0n) is 13.8. The van der Waals surface area contributed by atoms with Crippen LogP contribution < -0.4 is 4.74 Å². The molecule has 0 bridgehead atoms. The highest BCUT2D eigenvalue weighted by atomic mass is 16.6. The third-order valence-corrected chi connectivity index (χ3v) is 3.97. The summed E-state index contributed by atoms with van der Waals surface area (Å²) in [5.41, 5.74) is 0.0583. The van der Waals surface area contributed by atoms with Gasteiger partial charge in [-0.3, -0.25) is 19.8 Å². The Labute approximate surface area is 136 Å². The number of nitro groups is 1. The molecule has 0 aliphatic carbocycles. The van der Waals surface area contributed by atoms with E-state index >= 15 is 0 Å². The van der Waals surface area contributed by atoms with Crippen LogP contribution in [0, 0.1) is 10.1 Å². The molecule has 1 fully saturated rings. The molecule has 7 nitrogen and oxygen atoms in total. The highest BCUT2D eigenvalue weighted by Gasteiger charge is 2.27. The summed E-state index contributed by atoms with van der Waals surface area (Å²) in [6.07, 6.45) is 0. The number of benzene rings is 1. The fourth-order valence-electron chi connectivity index (χ4n) is 2.55. The summed E-state index contributed by atoms with van der Waals surface area (Å²) in [5.74, 6) is 0.242. The van der Waals surface area contributed by atoms with E-state index in [-0.39, 0.29) is 23.7 Å². The van der Waals surface area contributed by atoms with E-state index in [2.05, 4.69) is 25.7 Å². The van der Waals surface area contributed by atoms with Crippen LogP contribution in [0.25, 0.3) is 0 Å². The van der Waals surface area contributed by atoms with Crippen molar-refractivity contribution in [1.29, 1.82) is 0 Å². The Morgan fingerprint density at radius 2 is 1.91 bits per heavy atom. The van der Waals surface area contributed by atoms with Gasteiger partial charge in [-0.05, 0) is 26.8 Å². The number of nitro benzene ring substituents is 1. The summed E-state index contributed by atoms with van der Waals surface area (Å²) in [5, 5.41) is 10.7. The van der Waals surface area contributed by atoms with Gasteiger partial charge in [-0.25, -0.2) is 0 Å². The van der Waals surface area contributed by atoms with E-state index in [0.717, 1.165) is 13.1 Å². The Morgan fingerprint density at radius 3 is 2.48 bits per heavy atom. The van der Waals surface area contributed by atoms with Crippen molar-refractivity contribution in [3.8, 4) is 5.75 Å². The molecule has 0 aromatic heterocycles. The lowest BCUT2D eigenvalue weighted by Gasteiger charge is -2.42. The molecule has 0 spiro atoms. The summed E-state index contributed by atoms with van der Waals surface area (Å²) in [6.45, 7) is 9.42. The van der Waals surface area contributed by atoms with Gasteiger partial charge in [0.05, 0.1) is 11.0 Å². The number of piperazine rings is 1. The smallest absolute Gasteiger partial charge is 0.273 e. The first-order valence-corrected chi connectivity index (χ1v) is 7.67. The maximum atomic E-state index is 12.2. The molecule has 1 aromatic carbocycles. The molecular weight excluding hydrogens is 298 g/mol. The van der Waals surface area contributed by atoms with E-state index in [9.17, 15) is 14.9 Å². The van der Waals surface area contributed by atoms with Crippen molar-refractivity contribution < 1.29 is 14.5 Å². The summed E-state index contributed by atoms with van der Waals surface area (Å²) in [7, 11) is 0. The van der Waals surface area contributed by atoms with E-state index in [4.69, 9.17) is 4.74 Å². The van der Waals surface area contributed by atoms with E-state index in [1.54, 1.807) is 17.0 Å². The van der Waals surface area contributed by atoms with Crippen LogP contribution in [0.1, 0.15) is 20.8 Å². The number of rotatable bonds is 4. The van der Waals surface area contributed by atoms with Gasteiger partial charge in [0.2, 0.25) is 0 Å². The number of nitrogens with zero attached hydrogens (tertiary/aromatic N) is 3. The second-order valence-corrected chi connectivity index (χ2v) is 6.58. The lowest BCUT2D eigenvalue weighted by Crippen LogP contribution is -2.55. The molecule has 0 N–H and O–H groups in total. The summed E-state index contributed by atoms with van der Waals surface area (Å²) >= 11 is 0. The Kier molecular flexibility index (Phi) is 5.20. The van der Waals surface area contributed by atoms with Crippen molar-refractivity contribution in [1.82, 2.24) is 9.80 Å². The third kappa shape index (κ3) is 4.66. The zero-order chi connectivity index (χ0) is 17.0. The lowest BCUT2D eigenvalue weighted by atomic mass is 10.1. The molecule has 0 unspecified atom stereocenters. The first-order chi connectivity index (χ1) is 10.8. The number of carbonyl (C=O) groups is 1. The number of carbonyl (C=O) groups excluding carboxylic acids is 1. The molecule has 2 rings (SSSR count). The molecular formula is C16H23N3O4. The summed E-state index contributed by atoms with van der Waals surface area (Å²) < 4.78 is 5.40. The van der Waals surface area contributed by atoms with Crippen molar-refractivity contribution in [2.45, 2.75) is 26.3 Å². The number of ether oxygens (including phenoxy) is 1. The van der Waals surface area contributed by atoms with Gasteiger partial charge in [0.15, 0.2) is 6.61 Å². The molecule has 1 amide bonds. The highest BCUT2D eigenvalue weighted by Crippen LogP contribution is 2.19. The lowest BCUT2D eigenvalue weighted by molar-refractivity contribution is -0.384. The molecule has 0 atom stereocenters. The van der Waals surface area contributed by atoms with Crippen LogP contribution in [0.5, 0.6) is 5.75 Å². The monoisotopic (exact) mass is 321 g/mol. The SMILES string of the molecule is CC(C)(C)N1CCN(C(=O)COc2cccc([N+](=O)[O-])c2)CC1. The first-order valence-electron chi connectivity index (χ1n) is 7.67. The predicted molar refractivity (Wildman–Crippen MR) is 86.5 cm³/mol. The Morgan fingerprint density at radius 1 is 1.26 bits per heavy atom. The van der Waals surface area contributed by atoms with Crippen LogP contribution >= 0.6 is 0 Å². The molecule has 1 aliphatic heterocycles. The van der Waals surface area contributed by atoms with Gasteiger partial charge in [-0.2, -0.15) is 0 Å². The second kappa shape index (κ2) is 6.95. The minimum Gasteiger partial charge on any atom is -0.484 e. The third-order valence-electron chi connectivity index (χ3n) is 3.97. The quantitative estimate of drug-likeness (QED) is 0.625.